The summed E-state index contributed by atoms with van der Waals surface area (Å²) in [6.45, 7) is 9.46. The van der Waals surface area contributed by atoms with Crippen molar-refractivity contribution < 1.29 is 4.74 Å². The summed E-state index contributed by atoms with van der Waals surface area (Å²) < 4.78 is 7.48. The molecule has 0 saturated heterocycles. The minimum absolute atomic E-state index is 0.176. The number of methoxy groups -OCH3 is 1. The van der Waals surface area contributed by atoms with E-state index in [4.69, 9.17) is 4.74 Å². The van der Waals surface area contributed by atoms with Crippen molar-refractivity contribution in [3.05, 3.63) is 11.9 Å². The fourth-order valence-corrected chi connectivity index (χ4v) is 2.02. The van der Waals surface area contributed by atoms with Crippen molar-refractivity contribution in [3.63, 3.8) is 0 Å². The Bertz CT molecular complexity index is 393. The van der Waals surface area contributed by atoms with E-state index in [0.29, 0.717) is 0 Å². The van der Waals surface area contributed by atoms with Gasteiger partial charge >= 0.3 is 0 Å². The van der Waals surface area contributed by atoms with Gasteiger partial charge in [-0.1, -0.05) is 0 Å². The Balaban J connectivity index is 2.55. The number of ether oxygens (including phenoxy) is 1. The predicted octanol–water partition coefficient (Wildman–Crippen LogP) is 1.77. The summed E-state index contributed by atoms with van der Waals surface area (Å²) in [6.07, 6.45) is 3.89. The second-order valence-electron chi connectivity index (χ2n) is 6.47. The summed E-state index contributed by atoms with van der Waals surface area (Å²) in [6, 6.07) is 0. The van der Waals surface area contributed by atoms with Gasteiger partial charge in [0.2, 0.25) is 0 Å². The highest BCUT2D eigenvalue weighted by Crippen LogP contribution is 2.19. The minimum atomic E-state index is 0.176. The summed E-state index contributed by atoms with van der Waals surface area (Å²) in [5.74, 6) is 0.902. The van der Waals surface area contributed by atoms with E-state index in [2.05, 4.69) is 54.9 Å². The quantitative estimate of drug-likeness (QED) is 0.738. The maximum atomic E-state index is 5.41. The van der Waals surface area contributed by atoms with E-state index < -0.39 is 0 Å². The maximum absolute atomic E-state index is 5.41. The molecule has 0 aliphatic carbocycles. The zero-order valence-electron chi connectivity index (χ0n) is 13.9. The molecule has 0 saturated carbocycles. The predicted molar refractivity (Wildman–Crippen MR) is 83.4 cm³/mol. The molecule has 1 heterocycles. The number of hydrogen-bond donors (Lipinski definition) is 1. The average Bonchev–Trinajstić information content (AvgIpc) is 2.73. The van der Waals surface area contributed by atoms with E-state index >= 15 is 0 Å². The van der Waals surface area contributed by atoms with Crippen LogP contribution in [0.15, 0.2) is 6.20 Å². The number of hydrogen-bond acceptors (Lipinski definition) is 4. The van der Waals surface area contributed by atoms with E-state index in [9.17, 15) is 0 Å². The molecule has 5 heteroatoms. The van der Waals surface area contributed by atoms with Crippen LogP contribution in [0.25, 0.3) is 0 Å². The van der Waals surface area contributed by atoms with Crippen molar-refractivity contribution in [1.29, 1.82) is 0 Å². The molecule has 0 aromatic carbocycles. The number of nitrogens with zero attached hydrogens (tertiary/aromatic N) is 3. The summed E-state index contributed by atoms with van der Waals surface area (Å²) in [7, 11) is 5.87. The highest BCUT2D eigenvalue weighted by molar-refractivity contribution is 5.25. The standard InChI is InChI=1S/C15H30N4O/c1-15(2,3)16-9-7-8-13-14(20-6)12-17-19(13)11-10-18(4)5/h12,16H,7-11H2,1-6H3. The zero-order valence-corrected chi connectivity index (χ0v) is 13.9. The first kappa shape index (κ1) is 17.0. The second kappa shape index (κ2) is 7.64. The zero-order chi connectivity index (χ0) is 15.2. The van der Waals surface area contributed by atoms with Crippen LogP contribution in [0.2, 0.25) is 0 Å². The molecule has 0 atom stereocenters. The third kappa shape index (κ3) is 5.92. The highest BCUT2D eigenvalue weighted by Gasteiger charge is 2.12. The van der Waals surface area contributed by atoms with Gasteiger partial charge in [-0.25, -0.2) is 0 Å². The van der Waals surface area contributed by atoms with Crippen molar-refractivity contribution in [2.75, 3.05) is 34.3 Å². The normalized spacial score (nSPS) is 12.2. The van der Waals surface area contributed by atoms with Gasteiger partial charge in [-0.3, -0.25) is 4.68 Å². The number of likely N-dealkylation sites (N-methyl/N-ethyl adjacent to an activating group) is 1. The Morgan fingerprint density at radius 2 is 2.05 bits per heavy atom. The Kier molecular flexibility index (Phi) is 6.49. The molecule has 5 nitrogen and oxygen atoms in total. The van der Waals surface area contributed by atoms with Crippen molar-refractivity contribution in [1.82, 2.24) is 20.0 Å². The summed E-state index contributed by atoms with van der Waals surface area (Å²) in [4.78, 5) is 2.17. The van der Waals surface area contributed by atoms with E-state index in [1.807, 2.05) is 6.20 Å². The topological polar surface area (TPSA) is 42.3 Å². The van der Waals surface area contributed by atoms with Gasteiger partial charge in [-0.15, -0.1) is 0 Å². The molecule has 1 N–H and O–H groups in total. The molecule has 20 heavy (non-hydrogen) atoms. The van der Waals surface area contributed by atoms with E-state index in [0.717, 1.165) is 38.2 Å². The van der Waals surface area contributed by atoms with Gasteiger partial charge in [0.1, 0.15) is 0 Å². The monoisotopic (exact) mass is 282 g/mol. The highest BCUT2D eigenvalue weighted by atomic mass is 16.5. The van der Waals surface area contributed by atoms with Gasteiger partial charge in [-0.05, 0) is 54.3 Å². The first-order valence-electron chi connectivity index (χ1n) is 7.32. The van der Waals surface area contributed by atoms with Crippen LogP contribution < -0.4 is 10.1 Å². The van der Waals surface area contributed by atoms with Crippen LogP contribution >= 0.6 is 0 Å². The Morgan fingerprint density at radius 3 is 2.60 bits per heavy atom. The lowest BCUT2D eigenvalue weighted by molar-refractivity contribution is 0.363. The van der Waals surface area contributed by atoms with Gasteiger partial charge in [0.05, 0.1) is 25.5 Å². The molecule has 0 aliphatic rings. The molecule has 0 bridgehead atoms. The Morgan fingerprint density at radius 1 is 1.35 bits per heavy atom. The van der Waals surface area contributed by atoms with Crippen molar-refractivity contribution >= 4 is 0 Å². The Labute approximate surface area is 123 Å². The minimum Gasteiger partial charge on any atom is -0.493 e. The van der Waals surface area contributed by atoms with E-state index in [-0.39, 0.29) is 5.54 Å². The lowest BCUT2D eigenvalue weighted by atomic mass is 10.1. The summed E-state index contributed by atoms with van der Waals surface area (Å²) >= 11 is 0. The van der Waals surface area contributed by atoms with E-state index in [1.165, 1.54) is 5.69 Å². The Hall–Kier alpha value is -1.07. The molecule has 0 spiro atoms. The summed E-state index contributed by atoms with van der Waals surface area (Å²) in [5, 5.41) is 7.94. The second-order valence-corrected chi connectivity index (χ2v) is 6.47. The molecular formula is C15H30N4O. The molecule has 0 unspecified atom stereocenters. The smallest absolute Gasteiger partial charge is 0.159 e. The number of rotatable bonds is 8. The molecule has 0 fully saturated rings. The summed E-state index contributed by atoms with van der Waals surface area (Å²) in [5.41, 5.74) is 1.37. The fraction of sp³-hybridized carbons (Fsp3) is 0.800. The lowest BCUT2D eigenvalue weighted by Gasteiger charge is -2.20. The number of aromatic nitrogens is 2. The fourth-order valence-electron chi connectivity index (χ4n) is 2.02. The van der Waals surface area contributed by atoms with Crippen molar-refractivity contribution in [2.45, 2.75) is 45.7 Å². The van der Waals surface area contributed by atoms with Gasteiger partial charge in [-0.2, -0.15) is 5.10 Å². The van der Waals surface area contributed by atoms with Crippen LogP contribution in [-0.4, -0.2) is 54.5 Å². The van der Waals surface area contributed by atoms with Crippen LogP contribution in [0.5, 0.6) is 5.75 Å². The van der Waals surface area contributed by atoms with Gasteiger partial charge < -0.3 is 15.0 Å². The molecule has 1 aromatic rings. The first-order chi connectivity index (χ1) is 9.33. The van der Waals surface area contributed by atoms with Crippen LogP contribution in [-0.2, 0) is 13.0 Å². The van der Waals surface area contributed by atoms with Gasteiger partial charge in [0, 0.05) is 12.1 Å². The third-order valence-electron chi connectivity index (χ3n) is 3.13. The van der Waals surface area contributed by atoms with Crippen LogP contribution in [0, 0.1) is 0 Å². The molecule has 1 rings (SSSR count). The third-order valence-corrected chi connectivity index (χ3v) is 3.13. The van der Waals surface area contributed by atoms with E-state index in [1.54, 1.807) is 7.11 Å². The average molecular weight is 282 g/mol. The lowest BCUT2D eigenvalue weighted by Crippen LogP contribution is -2.36. The van der Waals surface area contributed by atoms with Crippen molar-refractivity contribution in [3.8, 4) is 5.75 Å². The van der Waals surface area contributed by atoms with Crippen LogP contribution in [0.1, 0.15) is 32.9 Å². The maximum Gasteiger partial charge on any atom is 0.159 e. The molecule has 0 aliphatic heterocycles. The molecule has 0 amide bonds. The van der Waals surface area contributed by atoms with Crippen LogP contribution in [0.4, 0.5) is 0 Å². The number of nitrogens with one attached hydrogen (secondary N) is 1. The SMILES string of the molecule is COc1cnn(CCN(C)C)c1CCCNC(C)(C)C. The molecule has 116 valence electrons. The molecule has 0 radical (unpaired) electrons. The largest absolute Gasteiger partial charge is 0.493 e. The molecular weight excluding hydrogens is 252 g/mol. The van der Waals surface area contributed by atoms with Gasteiger partial charge in [0.15, 0.2) is 5.75 Å². The van der Waals surface area contributed by atoms with Gasteiger partial charge in [0.25, 0.3) is 0 Å². The van der Waals surface area contributed by atoms with Crippen LogP contribution in [0.3, 0.4) is 0 Å². The molecule has 1 aromatic heterocycles. The van der Waals surface area contributed by atoms with Crippen molar-refractivity contribution in [2.24, 2.45) is 0 Å². The first-order valence-corrected chi connectivity index (χ1v) is 7.32.